The van der Waals surface area contributed by atoms with E-state index in [1.165, 1.54) is 0 Å². The average molecular weight is 455 g/mol. The Balaban J connectivity index is 5.89. The van der Waals surface area contributed by atoms with E-state index in [1.54, 1.807) is 13.8 Å². The number of hydrogen-bond donors (Lipinski definition) is 4. The molecule has 186 valence electrons. The molecule has 0 rings (SSSR count). The van der Waals surface area contributed by atoms with Gasteiger partial charge in [-0.15, -0.1) is 0 Å². The molecule has 8 heteroatoms. The van der Waals surface area contributed by atoms with Crippen LogP contribution in [0.5, 0.6) is 0 Å². The van der Waals surface area contributed by atoms with Crippen LogP contribution in [0.1, 0.15) is 76.2 Å². The van der Waals surface area contributed by atoms with Gasteiger partial charge in [-0.25, -0.2) is 0 Å². The summed E-state index contributed by atoms with van der Waals surface area (Å²) in [5.74, 6) is -0.810. The fraction of sp³-hybridized carbons (Fsp3) is 0.833. The van der Waals surface area contributed by atoms with E-state index in [-0.39, 0.29) is 55.7 Å². The zero-order valence-electron chi connectivity index (χ0n) is 22.0. The lowest BCUT2D eigenvalue weighted by Gasteiger charge is -2.37. The molecule has 0 unspecified atom stereocenters. The van der Waals surface area contributed by atoms with Crippen LogP contribution in [0.2, 0.25) is 0 Å². The van der Waals surface area contributed by atoms with Crippen LogP contribution in [-0.4, -0.2) is 49.8 Å². The van der Waals surface area contributed by atoms with Crippen molar-refractivity contribution in [1.82, 2.24) is 21.3 Å². The van der Waals surface area contributed by atoms with Crippen LogP contribution >= 0.6 is 0 Å². The normalized spacial score (nSPS) is 12.9. The van der Waals surface area contributed by atoms with Crippen molar-refractivity contribution in [3.05, 3.63) is 0 Å². The van der Waals surface area contributed by atoms with Crippen LogP contribution in [-0.2, 0) is 19.2 Å². The highest BCUT2D eigenvalue weighted by molar-refractivity contribution is 5.83. The first-order valence-electron chi connectivity index (χ1n) is 11.3. The number of carbonyl (C=O) groups excluding carboxylic acids is 4. The molecule has 0 fully saturated rings. The van der Waals surface area contributed by atoms with Gasteiger partial charge in [0.1, 0.15) is 0 Å². The van der Waals surface area contributed by atoms with Crippen molar-refractivity contribution >= 4 is 23.6 Å². The summed E-state index contributed by atoms with van der Waals surface area (Å²) in [4.78, 5) is 50.0. The van der Waals surface area contributed by atoms with Gasteiger partial charge in [0.2, 0.25) is 23.6 Å². The molecule has 0 spiro atoms. The summed E-state index contributed by atoms with van der Waals surface area (Å²) in [5.41, 5.74) is -2.62. The molecule has 32 heavy (non-hydrogen) atoms. The fourth-order valence-electron chi connectivity index (χ4n) is 2.45. The zero-order valence-corrected chi connectivity index (χ0v) is 22.0. The Morgan fingerprint density at radius 1 is 0.531 bits per heavy atom. The van der Waals surface area contributed by atoms with E-state index in [0.29, 0.717) is 0 Å². The first-order valence-corrected chi connectivity index (χ1v) is 11.3. The van der Waals surface area contributed by atoms with Crippen LogP contribution in [0, 0.1) is 27.6 Å². The second-order valence-corrected chi connectivity index (χ2v) is 12.2. The molecule has 0 aliphatic carbocycles. The molecule has 0 saturated heterocycles. The minimum absolute atomic E-state index is 0.138. The molecule has 0 heterocycles. The molecule has 8 nitrogen and oxygen atoms in total. The first-order chi connectivity index (χ1) is 14.2. The van der Waals surface area contributed by atoms with Crippen LogP contribution in [0.25, 0.3) is 0 Å². The maximum Gasteiger partial charge on any atom is 0.225 e. The van der Waals surface area contributed by atoms with E-state index in [2.05, 4.69) is 21.3 Å². The summed E-state index contributed by atoms with van der Waals surface area (Å²) in [6.07, 6.45) is 0. The predicted molar refractivity (Wildman–Crippen MR) is 128 cm³/mol. The number of nitrogens with one attached hydrogen (secondary N) is 4. The Morgan fingerprint density at radius 3 is 1.00 bits per heavy atom. The standard InChI is InChI=1S/C24H46N4O4/c1-16(2)17(29)25-12-24(13-26-18(30)21(3,4)5,14-27-19(31)22(6,7)8)15-28-20(32)23(9,10)11/h16H,12-15H2,1-11H3,(H,25,29)(H,26,30)(H,27,31)(H,28,32). The molecule has 0 bridgehead atoms. The van der Waals surface area contributed by atoms with Crippen molar-refractivity contribution in [1.29, 1.82) is 0 Å². The van der Waals surface area contributed by atoms with Gasteiger partial charge in [-0.3, -0.25) is 19.2 Å². The molecule has 0 aliphatic heterocycles. The third kappa shape index (κ3) is 10.5. The Bertz CT molecular complexity index is 606. The van der Waals surface area contributed by atoms with Gasteiger partial charge in [-0.05, 0) is 0 Å². The predicted octanol–water partition coefficient (Wildman–Crippen LogP) is 2.23. The van der Waals surface area contributed by atoms with Gasteiger partial charge in [-0.1, -0.05) is 76.2 Å². The van der Waals surface area contributed by atoms with E-state index >= 15 is 0 Å². The van der Waals surface area contributed by atoms with Crippen LogP contribution in [0.3, 0.4) is 0 Å². The lowest BCUT2D eigenvalue weighted by Crippen LogP contribution is -2.59. The zero-order chi connectivity index (χ0) is 25.5. The Hall–Kier alpha value is -2.12. The highest BCUT2D eigenvalue weighted by atomic mass is 16.2. The summed E-state index contributed by atoms with van der Waals surface area (Å²) in [7, 11) is 0. The highest BCUT2D eigenvalue weighted by Gasteiger charge is 2.36. The van der Waals surface area contributed by atoms with E-state index in [4.69, 9.17) is 0 Å². The Kier molecular flexibility index (Phi) is 10.4. The minimum Gasteiger partial charge on any atom is -0.355 e. The third-order valence-corrected chi connectivity index (χ3v) is 5.08. The molecule has 0 aromatic carbocycles. The summed E-state index contributed by atoms with van der Waals surface area (Å²) in [6, 6.07) is 0. The smallest absolute Gasteiger partial charge is 0.225 e. The van der Waals surface area contributed by atoms with Crippen molar-refractivity contribution < 1.29 is 19.2 Å². The summed E-state index contributed by atoms with van der Waals surface area (Å²) in [5, 5.41) is 11.8. The van der Waals surface area contributed by atoms with E-state index in [0.717, 1.165) is 0 Å². The number of carbonyl (C=O) groups is 4. The molecule has 0 radical (unpaired) electrons. The largest absolute Gasteiger partial charge is 0.355 e. The van der Waals surface area contributed by atoms with Gasteiger partial charge < -0.3 is 21.3 Å². The van der Waals surface area contributed by atoms with Crippen LogP contribution in [0.4, 0.5) is 0 Å². The highest BCUT2D eigenvalue weighted by Crippen LogP contribution is 2.20. The SMILES string of the molecule is CC(C)C(=O)NCC(CNC(=O)C(C)(C)C)(CNC(=O)C(C)(C)C)CNC(=O)C(C)(C)C. The third-order valence-electron chi connectivity index (χ3n) is 5.08. The van der Waals surface area contributed by atoms with Gasteiger partial charge in [0.25, 0.3) is 0 Å². The van der Waals surface area contributed by atoms with E-state index in [9.17, 15) is 19.2 Å². The average Bonchev–Trinajstić information content (AvgIpc) is 2.63. The molecule has 4 amide bonds. The van der Waals surface area contributed by atoms with Crippen molar-refractivity contribution in [3.8, 4) is 0 Å². The summed E-state index contributed by atoms with van der Waals surface area (Å²) < 4.78 is 0. The van der Waals surface area contributed by atoms with Crippen molar-refractivity contribution in [2.75, 3.05) is 26.2 Å². The lowest BCUT2D eigenvalue weighted by atomic mass is 9.84. The van der Waals surface area contributed by atoms with Gasteiger partial charge in [0.15, 0.2) is 0 Å². The topological polar surface area (TPSA) is 116 Å². The molecule has 0 aromatic heterocycles. The minimum atomic E-state index is -0.812. The number of hydrogen-bond acceptors (Lipinski definition) is 4. The molecule has 0 saturated carbocycles. The van der Waals surface area contributed by atoms with Crippen molar-refractivity contribution in [3.63, 3.8) is 0 Å². The first kappa shape index (κ1) is 29.9. The number of rotatable bonds is 9. The van der Waals surface area contributed by atoms with E-state index in [1.807, 2.05) is 62.3 Å². The maximum atomic E-state index is 12.6. The summed E-state index contributed by atoms with van der Waals surface area (Å²) in [6.45, 7) is 20.6. The van der Waals surface area contributed by atoms with Crippen LogP contribution in [0.15, 0.2) is 0 Å². The molecule has 0 atom stereocenters. The second-order valence-electron chi connectivity index (χ2n) is 12.2. The molecular formula is C24H46N4O4. The monoisotopic (exact) mass is 454 g/mol. The lowest BCUT2D eigenvalue weighted by molar-refractivity contribution is -0.129. The fourth-order valence-corrected chi connectivity index (χ4v) is 2.45. The van der Waals surface area contributed by atoms with Crippen LogP contribution < -0.4 is 21.3 Å². The molecule has 0 aliphatic rings. The van der Waals surface area contributed by atoms with E-state index < -0.39 is 21.7 Å². The molecular weight excluding hydrogens is 408 g/mol. The van der Waals surface area contributed by atoms with Crippen molar-refractivity contribution in [2.24, 2.45) is 27.6 Å². The van der Waals surface area contributed by atoms with Gasteiger partial charge in [-0.2, -0.15) is 0 Å². The Labute approximate surface area is 194 Å². The van der Waals surface area contributed by atoms with Crippen molar-refractivity contribution in [2.45, 2.75) is 76.2 Å². The maximum absolute atomic E-state index is 12.6. The quantitative estimate of drug-likeness (QED) is 0.427. The second kappa shape index (κ2) is 11.1. The molecule has 0 aromatic rings. The Morgan fingerprint density at radius 2 is 0.781 bits per heavy atom. The summed E-state index contributed by atoms with van der Waals surface area (Å²) >= 11 is 0. The molecule has 4 N–H and O–H groups in total. The van der Waals surface area contributed by atoms with Gasteiger partial charge >= 0.3 is 0 Å². The van der Waals surface area contributed by atoms with Gasteiger partial charge in [0, 0.05) is 53.8 Å². The number of amides is 4. The van der Waals surface area contributed by atoms with Gasteiger partial charge in [0.05, 0.1) is 0 Å².